The standard InChI is InChI=1S/C10H16N4O/c1-10(4-3-5-11-6-10)8(15)9-12-7-13-14(9)2/h7,11H,3-6H2,1-2H3. The van der Waals surface area contributed by atoms with Crippen LogP contribution >= 0.6 is 0 Å². The Bertz CT molecular complexity index is 365. The van der Waals surface area contributed by atoms with Gasteiger partial charge in [-0.3, -0.25) is 4.79 Å². The quantitative estimate of drug-likeness (QED) is 0.714. The minimum Gasteiger partial charge on any atom is -0.316 e. The van der Waals surface area contributed by atoms with Gasteiger partial charge in [-0.05, 0) is 19.4 Å². The molecule has 0 amide bonds. The smallest absolute Gasteiger partial charge is 0.206 e. The lowest BCUT2D eigenvalue weighted by molar-refractivity contribution is 0.0756. The molecule has 5 heteroatoms. The Hall–Kier alpha value is -1.23. The van der Waals surface area contributed by atoms with E-state index in [-0.39, 0.29) is 11.2 Å². The number of hydrogen-bond donors (Lipinski definition) is 1. The van der Waals surface area contributed by atoms with E-state index in [4.69, 9.17) is 0 Å². The second kappa shape index (κ2) is 3.73. The molecule has 1 atom stereocenters. The molecule has 2 rings (SSSR count). The number of carbonyl (C=O) groups excluding carboxylic acids is 1. The monoisotopic (exact) mass is 208 g/mol. The number of piperidine rings is 1. The molecule has 5 nitrogen and oxygen atoms in total. The van der Waals surface area contributed by atoms with Crippen LogP contribution in [0.5, 0.6) is 0 Å². The van der Waals surface area contributed by atoms with Gasteiger partial charge in [-0.2, -0.15) is 5.10 Å². The maximum atomic E-state index is 12.2. The normalized spacial score (nSPS) is 26.5. The number of carbonyl (C=O) groups is 1. The van der Waals surface area contributed by atoms with Crippen LogP contribution in [0, 0.1) is 5.41 Å². The van der Waals surface area contributed by atoms with Crippen LogP contribution in [0.15, 0.2) is 6.33 Å². The van der Waals surface area contributed by atoms with Crippen molar-refractivity contribution in [1.82, 2.24) is 20.1 Å². The average molecular weight is 208 g/mol. The van der Waals surface area contributed by atoms with Gasteiger partial charge in [0.1, 0.15) is 6.33 Å². The zero-order valence-corrected chi connectivity index (χ0v) is 9.16. The van der Waals surface area contributed by atoms with Crippen molar-refractivity contribution in [2.24, 2.45) is 12.5 Å². The van der Waals surface area contributed by atoms with E-state index in [9.17, 15) is 4.79 Å². The molecule has 0 saturated carbocycles. The fourth-order valence-electron chi connectivity index (χ4n) is 2.02. The van der Waals surface area contributed by atoms with Crippen molar-refractivity contribution in [3.63, 3.8) is 0 Å². The van der Waals surface area contributed by atoms with Gasteiger partial charge in [0.05, 0.1) is 0 Å². The number of aryl methyl sites for hydroxylation is 1. The van der Waals surface area contributed by atoms with Crippen LogP contribution in [0.3, 0.4) is 0 Å². The van der Waals surface area contributed by atoms with Gasteiger partial charge in [0.15, 0.2) is 5.82 Å². The summed E-state index contributed by atoms with van der Waals surface area (Å²) in [7, 11) is 1.75. The van der Waals surface area contributed by atoms with Crippen LogP contribution in [0.2, 0.25) is 0 Å². The molecule has 0 aliphatic carbocycles. The molecule has 1 saturated heterocycles. The van der Waals surface area contributed by atoms with Gasteiger partial charge < -0.3 is 5.32 Å². The van der Waals surface area contributed by atoms with E-state index < -0.39 is 0 Å². The van der Waals surface area contributed by atoms with E-state index >= 15 is 0 Å². The minimum absolute atomic E-state index is 0.0923. The predicted octanol–water partition coefficient (Wildman–Crippen LogP) is 0.388. The topological polar surface area (TPSA) is 59.8 Å². The van der Waals surface area contributed by atoms with Crippen molar-refractivity contribution in [3.05, 3.63) is 12.2 Å². The second-order valence-corrected chi connectivity index (χ2v) is 4.38. The highest BCUT2D eigenvalue weighted by Crippen LogP contribution is 2.28. The highest BCUT2D eigenvalue weighted by Gasteiger charge is 2.37. The summed E-state index contributed by atoms with van der Waals surface area (Å²) in [5.41, 5.74) is -0.320. The maximum absolute atomic E-state index is 12.2. The van der Waals surface area contributed by atoms with E-state index in [1.165, 1.54) is 6.33 Å². The third-order valence-corrected chi connectivity index (χ3v) is 3.06. The molecule has 1 unspecified atom stereocenters. The van der Waals surface area contributed by atoms with E-state index in [1.807, 2.05) is 6.92 Å². The number of rotatable bonds is 2. The third kappa shape index (κ3) is 1.79. The molecule has 0 bridgehead atoms. The van der Waals surface area contributed by atoms with Crippen molar-refractivity contribution < 1.29 is 4.79 Å². The Balaban J connectivity index is 2.23. The highest BCUT2D eigenvalue weighted by molar-refractivity contribution is 5.97. The molecular weight excluding hydrogens is 192 g/mol. The van der Waals surface area contributed by atoms with Crippen LogP contribution < -0.4 is 5.32 Å². The van der Waals surface area contributed by atoms with E-state index in [2.05, 4.69) is 15.4 Å². The SMILES string of the molecule is Cn1ncnc1C(=O)C1(C)CCCNC1. The van der Waals surface area contributed by atoms with E-state index in [1.54, 1.807) is 11.7 Å². The van der Waals surface area contributed by atoms with Crippen LogP contribution in [-0.4, -0.2) is 33.6 Å². The molecule has 1 N–H and O–H groups in total. The average Bonchev–Trinajstić information content (AvgIpc) is 2.64. The zero-order chi connectivity index (χ0) is 10.9. The molecule has 2 heterocycles. The number of nitrogens with one attached hydrogen (secondary N) is 1. The zero-order valence-electron chi connectivity index (χ0n) is 9.16. The van der Waals surface area contributed by atoms with Gasteiger partial charge >= 0.3 is 0 Å². The fourth-order valence-corrected chi connectivity index (χ4v) is 2.02. The summed E-state index contributed by atoms with van der Waals surface area (Å²) in [5, 5.41) is 7.19. The van der Waals surface area contributed by atoms with Crippen molar-refractivity contribution in [2.75, 3.05) is 13.1 Å². The minimum atomic E-state index is -0.320. The maximum Gasteiger partial charge on any atom is 0.206 e. The van der Waals surface area contributed by atoms with Gasteiger partial charge in [0.2, 0.25) is 5.78 Å². The number of Topliss-reactive ketones (excluding diaryl/α,β-unsaturated/α-hetero) is 1. The molecule has 0 aromatic carbocycles. The molecule has 1 fully saturated rings. The number of aromatic nitrogens is 3. The number of ketones is 1. The predicted molar refractivity (Wildman–Crippen MR) is 55.5 cm³/mol. The molecule has 1 aliphatic heterocycles. The lowest BCUT2D eigenvalue weighted by Gasteiger charge is -2.31. The van der Waals surface area contributed by atoms with Crippen LogP contribution in [0.25, 0.3) is 0 Å². The summed E-state index contributed by atoms with van der Waals surface area (Å²) in [6.07, 6.45) is 3.39. The third-order valence-electron chi connectivity index (χ3n) is 3.06. The second-order valence-electron chi connectivity index (χ2n) is 4.38. The van der Waals surface area contributed by atoms with Gasteiger partial charge in [0, 0.05) is 19.0 Å². The van der Waals surface area contributed by atoms with Gasteiger partial charge in [-0.15, -0.1) is 0 Å². The molecule has 0 spiro atoms. The van der Waals surface area contributed by atoms with Crippen LogP contribution in [0.4, 0.5) is 0 Å². The summed E-state index contributed by atoms with van der Waals surface area (Å²) in [6.45, 7) is 3.73. The number of hydrogen-bond acceptors (Lipinski definition) is 4. The fraction of sp³-hybridized carbons (Fsp3) is 0.700. The van der Waals surface area contributed by atoms with Gasteiger partial charge in [-0.1, -0.05) is 6.92 Å². The highest BCUT2D eigenvalue weighted by atomic mass is 16.1. The molecule has 1 aromatic heterocycles. The first-order valence-corrected chi connectivity index (χ1v) is 5.23. The Morgan fingerprint density at radius 3 is 3.00 bits per heavy atom. The Labute approximate surface area is 88.9 Å². The first-order valence-electron chi connectivity index (χ1n) is 5.23. The Kier molecular flexibility index (Phi) is 2.56. The molecule has 0 radical (unpaired) electrons. The first-order chi connectivity index (χ1) is 7.13. The van der Waals surface area contributed by atoms with Crippen molar-refractivity contribution >= 4 is 5.78 Å². The molecular formula is C10H16N4O. The lowest BCUT2D eigenvalue weighted by atomic mass is 9.78. The molecule has 15 heavy (non-hydrogen) atoms. The first kappa shape index (κ1) is 10.3. The summed E-state index contributed by atoms with van der Waals surface area (Å²) in [4.78, 5) is 16.3. The number of nitrogens with zero attached hydrogens (tertiary/aromatic N) is 3. The van der Waals surface area contributed by atoms with E-state index in [0.29, 0.717) is 5.82 Å². The van der Waals surface area contributed by atoms with Gasteiger partial charge in [-0.25, -0.2) is 9.67 Å². The molecule has 1 aliphatic rings. The van der Waals surface area contributed by atoms with Gasteiger partial charge in [0.25, 0.3) is 0 Å². The Morgan fingerprint density at radius 2 is 2.47 bits per heavy atom. The van der Waals surface area contributed by atoms with Crippen molar-refractivity contribution in [3.8, 4) is 0 Å². The Morgan fingerprint density at radius 1 is 1.67 bits per heavy atom. The summed E-state index contributed by atoms with van der Waals surface area (Å²) >= 11 is 0. The molecule has 1 aromatic rings. The largest absolute Gasteiger partial charge is 0.316 e. The van der Waals surface area contributed by atoms with Crippen molar-refractivity contribution in [1.29, 1.82) is 0 Å². The van der Waals surface area contributed by atoms with Crippen LogP contribution in [-0.2, 0) is 7.05 Å². The summed E-state index contributed by atoms with van der Waals surface area (Å²) in [5.74, 6) is 0.552. The van der Waals surface area contributed by atoms with Crippen molar-refractivity contribution in [2.45, 2.75) is 19.8 Å². The summed E-state index contributed by atoms with van der Waals surface area (Å²) in [6, 6.07) is 0. The van der Waals surface area contributed by atoms with Crippen LogP contribution in [0.1, 0.15) is 30.4 Å². The van der Waals surface area contributed by atoms with E-state index in [0.717, 1.165) is 25.9 Å². The summed E-state index contributed by atoms with van der Waals surface area (Å²) < 4.78 is 1.54. The lowest BCUT2D eigenvalue weighted by Crippen LogP contribution is -2.44. The molecule has 82 valence electrons.